The number of hydrogen-bond donors (Lipinski definition) is 0. The molecule has 0 fully saturated rings. The predicted molar refractivity (Wildman–Crippen MR) is 67.9 cm³/mol. The highest BCUT2D eigenvalue weighted by molar-refractivity contribution is 6.23. The molecule has 21 heavy (non-hydrogen) atoms. The molecule has 0 amide bonds. The van der Waals surface area contributed by atoms with Crippen molar-refractivity contribution in [2.75, 3.05) is 7.11 Å². The Hall–Kier alpha value is -2.05. The quantitative estimate of drug-likeness (QED) is 0.591. The Kier molecular flexibility index (Phi) is 4.98. The van der Waals surface area contributed by atoms with Crippen molar-refractivity contribution < 1.29 is 32.2 Å². The van der Waals surface area contributed by atoms with Crippen LogP contribution in [-0.4, -0.2) is 25.0 Å². The molecule has 0 heterocycles. The minimum absolute atomic E-state index is 0.0717. The van der Waals surface area contributed by atoms with Crippen LogP contribution in [0.15, 0.2) is 34.3 Å². The molecule has 0 aromatic heterocycles. The largest absolute Gasteiger partial charge is 0.573 e. The number of allylic oxidation sites excluding steroid dienone is 4. The van der Waals surface area contributed by atoms with E-state index in [0.717, 1.165) is 12.7 Å². The van der Waals surface area contributed by atoms with Gasteiger partial charge in [0, 0.05) is 11.1 Å². The zero-order valence-electron chi connectivity index (χ0n) is 12.1. The van der Waals surface area contributed by atoms with Gasteiger partial charge >= 0.3 is 6.36 Å². The van der Waals surface area contributed by atoms with Crippen LogP contribution in [0.25, 0.3) is 0 Å². The second kappa shape index (κ2) is 6.15. The summed E-state index contributed by atoms with van der Waals surface area (Å²) in [7, 11) is 1.01. The molecule has 0 saturated heterocycles. The van der Waals surface area contributed by atoms with Crippen molar-refractivity contribution in [1.29, 1.82) is 0 Å². The summed E-state index contributed by atoms with van der Waals surface area (Å²) in [6.45, 7) is 4.90. The van der Waals surface area contributed by atoms with Gasteiger partial charge in [-0.25, -0.2) is 0 Å². The summed E-state index contributed by atoms with van der Waals surface area (Å²) < 4.78 is 45.3. The third-order valence-corrected chi connectivity index (χ3v) is 2.82. The number of hydrogen-bond acceptors (Lipinski definition) is 4. The van der Waals surface area contributed by atoms with Crippen LogP contribution in [0.3, 0.4) is 0 Å². The molecular weight excluding hydrogens is 289 g/mol. The number of ether oxygens (including phenoxy) is 2. The van der Waals surface area contributed by atoms with Crippen molar-refractivity contribution in [2.24, 2.45) is 0 Å². The lowest BCUT2D eigenvalue weighted by atomic mass is 9.90. The maximum absolute atomic E-state index is 12.3. The zero-order valence-corrected chi connectivity index (χ0v) is 12.1. The zero-order chi connectivity index (χ0) is 16.4. The normalized spacial score (nSPS) is 16.3. The third kappa shape index (κ3) is 3.96. The Labute approximate surface area is 119 Å². The number of methoxy groups -OCH3 is 1. The van der Waals surface area contributed by atoms with E-state index in [1.165, 1.54) is 6.92 Å². The first-order valence-electron chi connectivity index (χ1n) is 6.05. The molecule has 1 aliphatic carbocycles. The molecule has 0 unspecified atom stereocenters. The number of alkyl halides is 3. The molecule has 0 saturated carbocycles. The molecule has 1 rings (SSSR count). The smallest absolute Gasteiger partial charge is 0.489 e. The fourth-order valence-electron chi connectivity index (χ4n) is 1.77. The summed E-state index contributed by atoms with van der Waals surface area (Å²) in [6, 6.07) is 0. The Morgan fingerprint density at radius 2 is 1.71 bits per heavy atom. The standard InChI is InChI=1S/C14H15F3O4/c1-7(2)5-6-9-8(3)10(18)13(21-14(15,16)17)12(20-4)11(9)19/h5H,6H2,1-4H3. The van der Waals surface area contributed by atoms with Crippen LogP contribution in [0.1, 0.15) is 27.2 Å². The lowest BCUT2D eigenvalue weighted by molar-refractivity contribution is -0.305. The van der Waals surface area contributed by atoms with Gasteiger partial charge < -0.3 is 9.47 Å². The molecule has 0 radical (unpaired) electrons. The van der Waals surface area contributed by atoms with Crippen molar-refractivity contribution >= 4 is 11.6 Å². The first-order valence-corrected chi connectivity index (χ1v) is 6.05. The molecule has 0 aromatic rings. The Morgan fingerprint density at radius 3 is 2.14 bits per heavy atom. The van der Waals surface area contributed by atoms with Crippen LogP contribution >= 0.6 is 0 Å². The molecule has 0 bridgehead atoms. The molecule has 116 valence electrons. The first kappa shape index (κ1) is 17.0. The van der Waals surface area contributed by atoms with Crippen molar-refractivity contribution in [3.63, 3.8) is 0 Å². The van der Waals surface area contributed by atoms with Crippen LogP contribution in [0.2, 0.25) is 0 Å². The summed E-state index contributed by atoms with van der Waals surface area (Å²) in [4.78, 5) is 24.1. The lowest BCUT2D eigenvalue weighted by Crippen LogP contribution is -2.28. The molecule has 0 N–H and O–H groups in total. The van der Waals surface area contributed by atoms with Crippen molar-refractivity contribution in [1.82, 2.24) is 0 Å². The second-order valence-corrected chi connectivity index (χ2v) is 4.66. The highest BCUT2D eigenvalue weighted by Crippen LogP contribution is 2.32. The van der Waals surface area contributed by atoms with Crippen LogP contribution in [0.4, 0.5) is 13.2 Å². The summed E-state index contributed by atoms with van der Waals surface area (Å²) in [5.41, 5.74) is 0.945. The van der Waals surface area contributed by atoms with Gasteiger partial charge in [-0.05, 0) is 27.2 Å². The van der Waals surface area contributed by atoms with E-state index in [4.69, 9.17) is 0 Å². The molecule has 4 nitrogen and oxygen atoms in total. The van der Waals surface area contributed by atoms with E-state index in [-0.39, 0.29) is 17.6 Å². The van der Waals surface area contributed by atoms with Crippen molar-refractivity contribution in [3.8, 4) is 0 Å². The summed E-state index contributed by atoms with van der Waals surface area (Å²) >= 11 is 0. The number of Topliss-reactive ketones (excluding diaryl/α,β-unsaturated/α-hetero) is 2. The Morgan fingerprint density at radius 1 is 1.14 bits per heavy atom. The first-order chi connectivity index (χ1) is 9.58. The maximum Gasteiger partial charge on any atom is 0.573 e. The van der Waals surface area contributed by atoms with E-state index >= 15 is 0 Å². The van der Waals surface area contributed by atoms with Crippen molar-refractivity contribution in [3.05, 3.63) is 34.3 Å². The fourth-order valence-corrected chi connectivity index (χ4v) is 1.77. The SMILES string of the molecule is COC1=C(OC(F)(F)F)C(=O)C(C)=C(CC=C(C)C)C1=O. The van der Waals surface area contributed by atoms with E-state index < -0.39 is 29.4 Å². The van der Waals surface area contributed by atoms with Crippen LogP contribution in [-0.2, 0) is 19.1 Å². The number of carbonyl (C=O) groups excluding carboxylic acids is 2. The van der Waals surface area contributed by atoms with Crippen LogP contribution in [0, 0.1) is 0 Å². The molecule has 0 aliphatic heterocycles. The van der Waals surface area contributed by atoms with Crippen LogP contribution < -0.4 is 0 Å². The highest BCUT2D eigenvalue weighted by Gasteiger charge is 2.41. The van der Waals surface area contributed by atoms with Gasteiger partial charge in [-0.15, -0.1) is 13.2 Å². The molecule has 0 atom stereocenters. The lowest BCUT2D eigenvalue weighted by Gasteiger charge is -2.21. The van der Waals surface area contributed by atoms with E-state index in [1.54, 1.807) is 19.9 Å². The molecule has 7 heteroatoms. The predicted octanol–water partition coefficient (Wildman–Crippen LogP) is 3.21. The number of ketones is 2. The summed E-state index contributed by atoms with van der Waals surface area (Å²) in [5.74, 6) is -3.61. The minimum atomic E-state index is -5.08. The van der Waals surface area contributed by atoms with Crippen molar-refractivity contribution in [2.45, 2.75) is 33.6 Å². The Bertz CT molecular complexity index is 561. The summed E-state index contributed by atoms with van der Waals surface area (Å²) in [5, 5.41) is 0. The van der Waals surface area contributed by atoms with Crippen LogP contribution in [0.5, 0.6) is 0 Å². The Balaban J connectivity index is 3.27. The summed E-state index contributed by atoms with van der Waals surface area (Å²) in [6.07, 6.45) is -3.23. The molecule has 1 aliphatic rings. The second-order valence-electron chi connectivity index (χ2n) is 4.66. The number of carbonyl (C=O) groups is 2. The van der Waals surface area contributed by atoms with Gasteiger partial charge in [0.2, 0.25) is 23.1 Å². The fraction of sp³-hybridized carbons (Fsp3) is 0.429. The van der Waals surface area contributed by atoms with Gasteiger partial charge in [-0.2, -0.15) is 0 Å². The average Bonchev–Trinajstić information content (AvgIpc) is 2.34. The topological polar surface area (TPSA) is 52.6 Å². The molecular formula is C14H15F3O4. The van der Waals surface area contributed by atoms with Gasteiger partial charge in [-0.3, -0.25) is 9.59 Å². The average molecular weight is 304 g/mol. The van der Waals surface area contributed by atoms with Gasteiger partial charge in [0.1, 0.15) is 0 Å². The highest BCUT2D eigenvalue weighted by atomic mass is 19.4. The molecule has 0 aromatic carbocycles. The minimum Gasteiger partial charge on any atom is -0.489 e. The van der Waals surface area contributed by atoms with E-state index in [2.05, 4.69) is 9.47 Å². The van der Waals surface area contributed by atoms with Gasteiger partial charge in [0.05, 0.1) is 7.11 Å². The maximum atomic E-state index is 12.3. The van der Waals surface area contributed by atoms with E-state index in [0.29, 0.717) is 0 Å². The van der Waals surface area contributed by atoms with Gasteiger partial charge in [0.25, 0.3) is 0 Å². The van der Waals surface area contributed by atoms with E-state index in [9.17, 15) is 22.8 Å². The van der Waals surface area contributed by atoms with Gasteiger partial charge in [-0.1, -0.05) is 11.6 Å². The third-order valence-electron chi connectivity index (χ3n) is 2.82. The number of halogens is 3. The van der Waals surface area contributed by atoms with Gasteiger partial charge in [0.15, 0.2) is 0 Å². The number of rotatable bonds is 4. The monoisotopic (exact) mass is 304 g/mol. The molecule has 0 spiro atoms. The van der Waals surface area contributed by atoms with E-state index in [1.807, 2.05) is 0 Å².